The average Bonchev–Trinajstić information content (AvgIpc) is 3.32. The van der Waals surface area contributed by atoms with E-state index >= 15 is 0 Å². The molecular formula is C56H107NO11S. The predicted octanol–water partition coefficient (Wildman–Crippen LogP) is 13.2. The van der Waals surface area contributed by atoms with Crippen molar-refractivity contribution in [2.24, 2.45) is 0 Å². The lowest BCUT2D eigenvalue weighted by atomic mass is 9.99. The maximum absolute atomic E-state index is 13.1. The quantitative estimate of drug-likeness (QED) is 0.0193. The number of allylic oxidation sites excluding steroid dienone is 4. The third kappa shape index (κ3) is 38.8. The van der Waals surface area contributed by atoms with Crippen molar-refractivity contribution in [3.05, 3.63) is 24.3 Å². The van der Waals surface area contributed by atoms with E-state index < -0.39 is 59.9 Å². The average molecular weight is 1000 g/mol. The van der Waals surface area contributed by atoms with Crippen LogP contribution in [0, 0.1) is 0 Å². The summed E-state index contributed by atoms with van der Waals surface area (Å²) in [6, 6.07) is -0.858. The SMILES string of the molecule is CCCCCCCCCCC/C=C\C/C=C\CCCCCCCCCCCCCC(=O)NC(COC1OC(CO)C(O)C(OS(=O)(=O)O)C1O)C(O)CCCCCCCCCCCCCCCCC. The summed E-state index contributed by atoms with van der Waals surface area (Å²) in [4.78, 5) is 13.1. The Kier molecular flexibility index (Phi) is 44.1. The number of hydrogen-bond donors (Lipinski definition) is 6. The molecule has 1 aliphatic rings. The fraction of sp³-hybridized carbons (Fsp3) is 0.911. The molecule has 0 saturated carbocycles. The van der Waals surface area contributed by atoms with Crippen LogP contribution in [-0.4, -0.2) is 95.4 Å². The summed E-state index contributed by atoms with van der Waals surface area (Å²) in [6.45, 7) is 3.48. The highest BCUT2D eigenvalue weighted by molar-refractivity contribution is 7.80. The Balaban J connectivity index is 2.32. The van der Waals surface area contributed by atoms with E-state index in [9.17, 15) is 38.2 Å². The van der Waals surface area contributed by atoms with Crippen LogP contribution in [0.1, 0.15) is 271 Å². The Morgan fingerprint density at radius 3 is 1.38 bits per heavy atom. The monoisotopic (exact) mass is 1000 g/mol. The number of ether oxygens (including phenoxy) is 2. The molecule has 1 saturated heterocycles. The number of amides is 1. The standard InChI is InChI=1S/C56H107NO11S/c1-3-5-7-9-11-13-15-17-19-20-21-22-23-24-25-26-27-28-29-30-32-34-36-38-40-42-44-46-52(60)57-49(48-66-56-54(62)55(68-69(63,64)65)53(61)51(47-58)67-56)50(59)45-43-41-39-37-35-33-31-18-16-14-12-10-8-6-4-2/h21-22,24-25,49-51,53-56,58-59,61-62H,3-20,23,26-48H2,1-2H3,(H,57,60)(H,63,64,65)/b22-21-,25-24-. The van der Waals surface area contributed by atoms with Gasteiger partial charge in [0.1, 0.15) is 24.4 Å². The summed E-state index contributed by atoms with van der Waals surface area (Å²) in [5.41, 5.74) is 0. The van der Waals surface area contributed by atoms with E-state index in [4.69, 9.17) is 9.47 Å². The Morgan fingerprint density at radius 1 is 0.580 bits per heavy atom. The number of aliphatic hydroxyl groups excluding tert-OH is 4. The fourth-order valence-electron chi connectivity index (χ4n) is 9.32. The van der Waals surface area contributed by atoms with Gasteiger partial charge in [0.15, 0.2) is 6.29 Å². The van der Waals surface area contributed by atoms with Crippen molar-refractivity contribution in [1.29, 1.82) is 0 Å². The van der Waals surface area contributed by atoms with Crippen LogP contribution in [0.5, 0.6) is 0 Å². The van der Waals surface area contributed by atoms with Crippen LogP contribution in [0.15, 0.2) is 24.3 Å². The summed E-state index contributed by atoms with van der Waals surface area (Å²) in [5, 5.41) is 45.1. The van der Waals surface area contributed by atoms with E-state index in [1.807, 2.05) is 0 Å². The minimum absolute atomic E-state index is 0.229. The smallest absolute Gasteiger partial charge is 0.394 e. The number of unbranched alkanes of at least 4 members (excludes halogenated alkanes) is 34. The van der Waals surface area contributed by atoms with Crippen LogP contribution >= 0.6 is 0 Å². The Labute approximate surface area is 422 Å². The molecule has 12 nitrogen and oxygen atoms in total. The molecule has 0 bridgehead atoms. The zero-order chi connectivity index (χ0) is 50.5. The molecule has 6 N–H and O–H groups in total. The molecule has 1 rings (SSSR count). The van der Waals surface area contributed by atoms with Crippen LogP contribution in [-0.2, 0) is 28.9 Å². The van der Waals surface area contributed by atoms with Crippen LogP contribution in [0.3, 0.4) is 0 Å². The van der Waals surface area contributed by atoms with Gasteiger partial charge < -0.3 is 35.2 Å². The molecule has 0 aromatic rings. The second-order valence-electron chi connectivity index (χ2n) is 20.2. The lowest BCUT2D eigenvalue weighted by Gasteiger charge is -2.41. The molecule has 0 aliphatic carbocycles. The van der Waals surface area contributed by atoms with Crippen molar-refractivity contribution in [1.82, 2.24) is 5.32 Å². The summed E-state index contributed by atoms with van der Waals surface area (Å²) >= 11 is 0. The minimum Gasteiger partial charge on any atom is -0.394 e. The van der Waals surface area contributed by atoms with Gasteiger partial charge in [-0.15, -0.1) is 0 Å². The molecule has 0 aromatic carbocycles. The molecule has 1 fully saturated rings. The van der Waals surface area contributed by atoms with E-state index in [2.05, 4.69) is 47.7 Å². The van der Waals surface area contributed by atoms with E-state index in [-0.39, 0.29) is 12.5 Å². The molecule has 7 atom stereocenters. The van der Waals surface area contributed by atoms with Crippen LogP contribution in [0.4, 0.5) is 0 Å². The van der Waals surface area contributed by atoms with Gasteiger partial charge in [-0.3, -0.25) is 9.35 Å². The maximum atomic E-state index is 13.1. The molecule has 1 amide bonds. The largest absolute Gasteiger partial charge is 0.397 e. The lowest BCUT2D eigenvalue weighted by Crippen LogP contribution is -2.61. The highest BCUT2D eigenvalue weighted by atomic mass is 32.3. The van der Waals surface area contributed by atoms with Gasteiger partial charge in [0, 0.05) is 6.42 Å². The minimum atomic E-state index is -5.08. The number of rotatable bonds is 50. The third-order valence-corrected chi connectivity index (χ3v) is 14.2. The second-order valence-corrected chi connectivity index (χ2v) is 21.3. The van der Waals surface area contributed by atoms with Crippen LogP contribution < -0.4 is 5.32 Å². The molecule has 7 unspecified atom stereocenters. The molecule has 0 radical (unpaired) electrons. The van der Waals surface area contributed by atoms with E-state index in [1.165, 1.54) is 186 Å². The Morgan fingerprint density at radius 2 is 0.971 bits per heavy atom. The molecule has 69 heavy (non-hydrogen) atoms. The molecule has 13 heteroatoms. The van der Waals surface area contributed by atoms with Gasteiger partial charge in [-0.05, 0) is 44.9 Å². The maximum Gasteiger partial charge on any atom is 0.397 e. The lowest BCUT2D eigenvalue weighted by molar-refractivity contribution is -0.298. The summed E-state index contributed by atoms with van der Waals surface area (Å²) in [7, 11) is -5.08. The highest BCUT2D eigenvalue weighted by Crippen LogP contribution is 2.26. The van der Waals surface area contributed by atoms with Gasteiger partial charge in [-0.25, -0.2) is 4.18 Å². The molecule has 408 valence electrons. The van der Waals surface area contributed by atoms with E-state index in [0.717, 1.165) is 51.4 Å². The molecule has 1 heterocycles. The molecule has 0 aromatic heterocycles. The zero-order valence-electron chi connectivity index (χ0n) is 44.1. The summed E-state index contributed by atoms with van der Waals surface area (Å²) in [6.07, 6.45) is 47.5. The number of aliphatic hydroxyl groups is 4. The van der Waals surface area contributed by atoms with Gasteiger partial charge >= 0.3 is 10.4 Å². The van der Waals surface area contributed by atoms with Gasteiger partial charge in [-0.2, -0.15) is 8.42 Å². The Bertz CT molecular complexity index is 1320. The summed E-state index contributed by atoms with van der Waals surface area (Å²) < 4.78 is 47.9. The van der Waals surface area contributed by atoms with Gasteiger partial charge in [0.05, 0.1) is 25.4 Å². The Hall–Kier alpha value is -1.42. The van der Waals surface area contributed by atoms with Crippen molar-refractivity contribution in [2.45, 2.75) is 314 Å². The van der Waals surface area contributed by atoms with E-state index in [1.54, 1.807) is 0 Å². The molecule has 0 spiro atoms. The van der Waals surface area contributed by atoms with Crippen LogP contribution in [0.25, 0.3) is 0 Å². The highest BCUT2D eigenvalue weighted by Gasteiger charge is 2.48. The first kappa shape index (κ1) is 65.6. The van der Waals surface area contributed by atoms with Gasteiger partial charge in [0.2, 0.25) is 5.91 Å². The number of nitrogens with one attached hydrogen (secondary N) is 1. The second kappa shape index (κ2) is 46.4. The van der Waals surface area contributed by atoms with Crippen LogP contribution in [0.2, 0.25) is 0 Å². The first-order valence-electron chi connectivity index (χ1n) is 28.7. The van der Waals surface area contributed by atoms with Gasteiger partial charge in [-0.1, -0.05) is 244 Å². The molecule has 1 aliphatic heterocycles. The fourth-order valence-corrected chi connectivity index (χ4v) is 9.82. The van der Waals surface area contributed by atoms with Crippen molar-refractivity contribution in [3.63, 3.8) is 0 Å². The number of carbonyl (C=O) groups is 1. The van der Waals surface area contributed by atoms with Crippen molar-refractivity contribution in [3.8, 4) is 0 Å². The predicted molar refractivity (Wildman–Crippen MR) is 282 cm³/mol. The third-order valence-electron chi connectivity index (χ3n) is 13.8. The number of carbonyl (C=O) groups excluding carboxylic acids is 1. The first-order valence-corrected chi connectivity index (χ1v) is 30.1. The molecular weight excluding hydrogens is 895 g/mol. The van der Waals surface area contributed by atoms with Crippen molar-refractivity contribution < 1.29 is 51.8 Å². The topological polar surface area (TPSA) is 192 Å². The first-order chi connectivity index (χ1) is 33.5. The van der Waals surface area contributed by atoms with Crippen molar-refractivity contribution >= 4 is 16.3 Å². The van der Waals surface area contributed by atoms with Gasteiger partial charge in [0.25, 0.3) is 0 Å². The summed E-state index contributed by atoms with van der Waals surface area (Å²) in [5.74, 6) is -0.229. The van der Waals surface area contributed by atoms with E-state index in [0.29, 0.717) is 19.3 Å². The normalized spacial score (nSPS) is 19.8. The van der Waals surface area contributed by atoms with Crippen molar-refractivity contribution in [2.75, 3.05) is 13.2 Å². The zero-order valence-corrected chi connectivity index (χ0v) is 45.0. The number of hydrogen-bond acceptors (Lipinski definition) is 10.